The highest BCUT2D eigenvalue weighted by atomic mass is 28.2. The zero-order chi connectivity index (χ0) is 9.36. The van der Waals surface area contributed by atoms with E-state index in [-0.39, 0.29) is 9.52 Å². The summed E-state index contributed by atoms with van der Waals surface area (Å²) in [6.45, 7) is 6.20. The molecule has 1 aliphatic heterocycles. The van der Waals surface area contributed by atoms with Gasteiger partial charge in [0.1, 0.15) is 0 Å². The number of hydrogen-bond acceptors (Lipinski definition) is 2. The molecule has 1 atom stereocenters. The van der Waals surface area contributed by atoms with Crippen LogP contribution in [-0.2, 0) is 9.47 Å². The smallest absolute Gasteiger partial charge is 0.0644 e. The van der Waals surface area contributed by atoms with Crippen molar-refractivity contribution in [2.45, 2.75) is 31.0 Å². The standard InChI is InChI=1S/C10H20O2Si/c1-2-6-11-8-9-13-10-5-3-4-7-12-10/h2,10H,1,3-9,13H2. The molecule has 3 heteroatoms. The van der Waals surface area contributed by atoms with Crippen LogP contribution in [0.1, 0.15) is 19.3 Å². The molecule has 1 fully saturated rings. The van der Waals surface area contributed by atoms with Gasteiger partial charge in [-0.15, -0.1) is 6.58 Å². The van der Waals surface area contributed by atoms with Crippen LogP contribution in [0, 0.1) is 0 Å². The van der Waals surface area contributed by atoms with Gasteiger partial charge < -0.3 is 9.47 Å². The van der Waals surface area contributed by atoms with E-state index in [1.165, 1.54) is 25.3 Å². The van der Waals surface area contributed by atoms with Gasteiger partial charge in [-0.2, -0.15) is 0 Å². The van der Waals surface area contributed by atoms with Gasteiger partial charge in [-0.1, -0.05) is 6.08 Å². The van der Waals surface area contributed by atoms with Gasteiger partial charge in [-0.3, -0.25) is 0 Å². The molecule has 1 rings (SSSR count). The SMILES string of the molecule is C=CCOCC[SiH2]C1CCCCO1. The van der Waals surface area contributed by atoms with Gasteiger partial charge in [0.15, 0.2) is 0 Å². The van der Waals surface area contributed by atoms with Gasteiger partial charge in [-0.25, -0.2) is 0 Å². The van der Waals surface area contributed by atoms with Crippen LogP contribution in [0.15, 0.2) is 12.7 Å². The summed E-state index contributed by atoms with van der Waals surface area (Å²) in [7, 11) is -0.0440. The Bertz CT molecular complexity index is 133. The molecule has 13 heavy (non-hydrogen) atoms. The lowest BCUT2D eigenvalue weighted by Gasteiger charge is -2.21. The maximum atomic E-state index is 5.67. The summed E-state index contributed by atoms with van der Waals surface area (Å²) < 4.78 is 11.0. The second-order valence-electron chi connectivity index (χ2n) is 3.49. The summed E-state index contributed by atoms with van der Waals surface area (Å²) in [6.07, 6.45) is 5.73. The lowest BCUT2D eigenvalue weighted by atomic mass is 10.2. The van der Waals surface area contributed by atoms with Crippen LogP contribution in [0.25, 0.3) is 0 Å². The van der Waals surface area contributed by atoms with Gasteiger partial charge in [0.25, 0.3) is 0 Å². The molecule has 0 bridgehead atoms. The van der Waals surface area contributed by atoms with Crippen molar-refractivity contribution in [1.82, 2.24) is 0 Å². The van der Waals surface area contributed by atoms with E-state index in [2.05, 4.69) is 6.58 Å². The van der Waals surface area contributed by atoms with E-state index < -0.39 is 0 Å². The molecular formula is C10H20O2Si. The Kier molecular flexibility index (Phi) is 6.15. The first-order valence-corrected chi connectivity index (χ1v) is 7.05. The van der Waals surface area contributed by atoms with E-state index in [4.69, 9.17) is 9.47 Å². The highest BCUT2D eigenvalue weighted by Crippen LogP contribution is 2.12. The summed E-state index contributed by atoms with van der Waals surface area (Å²) >= 11 is 0. The largest absolute Gasteiger partial charge is 0.382 e. The minimum Gasteiger partial charge on any atom is -0.382 e. The molecule has 0 radical (unpaired) electrons. The molecule has 0 aliphatic carbocycles. The second-order valence-corrected chi connectivity index (χ2v) is 5.69. The van der Waals surface area contributed by atoms with Crippen molar-refractivity contribution in [1.29, 1.82) is 0 Å². The van der Waals surface area contributed by atoms with Crippen molar-refractivity contribution in [3.8, 4) is 0 Å². The first-order chi connectivity index (χ1) is 6.43. The first-order valence-electron chi connectivity index (χ1n) is 5.23. The van der Waals surface area contributed by atoms with Gasteiger partial charge in [-0.05, 0) is 25.3 Å². The van der Waals surface area contributed by atoms with E-state index in [1.54, 1.807) is 6.08 Å². The zero-order valence-corrected chi connectivity index (χ0v) is 9.75. The molecular weight excluding hydrogens is 180 g/mol. The quantitative estimate of drug-likeness (QED) is 0.365. The third-order valence-electron chi connectivity index (χ3n) is 2.32. The van der Waals surface area contributed by atoms with Gasteiger partial charge in [0.05, 0.1) is 16.1 Å². The predicted octanol–water partition coefficient (Wildman–Crippen LogP) is 1.30. The fraction of sp³-hybridized carbons (Fsp3) is 0.800. The van der Waals surface area contributed by atoms with Crippen molar-refractivity contribution in [2.24, 2.45) is 0 Å². The van der Waals surface area contributed by atoms with Crippen LogP contribution >= 0.6 is 0 Å². The molecule has 0 saturated carbocycles. The molecule has 0 aromatic heterocycles. The minimum absolute atomic E-state index is 0.0440. The molecule has 0 aromatic carbocycles. The van der Waals surface area contributed by atoms with Crippen LogP contribution < -0.4 is 0 Å². The predicted molar refractivity (Wildman–Crippen MR) is 58.0 cm³/mol. The van der Waals surface area contributed by atoms with E-state index >= 15 is 0 Å². The van der Waals surface area contributed by atoms with Crippen LogP contribution in [0.4, 0.5) is 0 Å². The summed E-state index contributed by atoms with van der Waals surface area (Å²) in [6, 6.07) is 1.25. The first kappa shape index (κ1) is 11.0. The molecule has 1 aliphatic rings. The summed E-state index contributed by atoms with van der Waals surface area (Å²) in [4.78, 5) is 0. The average Bonchev–Trinajstić information content (AvgIpc) is 2.19. The molecule has 0 aromatic rings. The Morgan fingerprint density at radius 2 is 2.46 bits per heavy atom. The number of hydrogen-bond donors (Lipinski definition) is 0. The summed E-state index contributed by atoms with van der Waals surface area (Å²) in [5.74, 6) is 0. The molecule has 0 N–H and O–H groups in total. The van der Waals surface area contributed by atoms with Gasteiger partial charge >= 0.3 is 0 Å². The monoisotopic (exact) mass is 200 g/mol. The maximum Gasteiger partial charge on any atom is 0.0644 e. The molecule has 0 amide bonds. The van der Waals surface area contributed by atoms with Gasteiger partial charge in [0.2, 0.25) is 0 Å². The van der Waals surface area contributed by atoms with Crippen molar-refractivity contribution in [2.75, 3.05) is 19.8 Å². The average molecular weight is 200 g/mol. The summed E-state index contributed by atoms with van der Waals surface area (Å²) in [5.41, 5.74) is 0.640. The van der Waals surface area contributed by atoms with E-state index in [9.17, 15) is 0 Å². The molecule has 1 saturated heterocycles. The van der Waals surface area contributed by atoms with Crippen molar-refractivity contribution < 1.29 is 9.47 Å². The summed E-state index contributed by atoms with van der Waals surface area (Å²) in [5, 5.41) is 0. The third kappa shape index (κ3) is 5.24. The zero-order valence-electron chi connectivity index (χ0n) is 8.34. The fourth-order valence-electron chi connectivity index (χ4n) is 1.61. The Morgan fingerprint density at radius 1 is 1.54 bits per heavy atom. The van der Waals surface area contributed by atoms with Crippen molar-refractivity contribution >= 4 is 9.52 Å². The molecule has 1 heterocycles. The van der Waals surface area contributed by atoms with Crippen molar-refractivity contribution in [3.63, 3.8) is 0 Å². The Balaban J connectivity index is 1.89. The highest BCUT2D eigenvalue weighted by molar-refractivity contribution is 6.37. The van der Waals surface area contributed by atoms with Crippen molar-refractivity contribution in [3.05, 3.63) is 12.7 Å². The van der Waals surface area contributed by atoms with Gasteiger partial charge in [0, 0.05) is 18.9 Å². The Hall–Kier alpha value is -0.123. The maximum absolute atomic E-state index is 5.67. The second kappa shape index (κ2) is 7.30. The topological polar surface area (TPSA) is 18.5 Å². The van der Waals surface area contributed by atoms with Crippen LogP contribution in [0.2, 0.25) is 6.04 Å². The van der Waals surface area contributed by atoms with Crippen LogP contribution in [0.3, 0.4) is 0 Å². The third-order valence-corrected chi connectivity index (χ3v) is 4.31. The lowest BCUT2D eigenvalue weighted by Crippen LogP contribution is -2.25. The fourth-order valence-corrected chi connectivity index (χ4v) is 3.35. The van der Waals surface area contributed by atoms with Crippen LogP contribution in [0.5, 0.6) is 0 Å². The minimum atomic E-state index is -0.0440. The Labute approximate surface area is 83.1 Å². The van der Waals surface area contributed by atoms with E-state index in [0.717, 1.165) is 13.2 Å². The Morgan fingerprint density at radius 3 is 3.15 bits per heavy atom. The normalized spacial score (nSPS) is 23.8. The lowest BCUT2D eigenvalue weighted by molar-refractivity contribution is 0.0642. The molecule has 1 unspecified atom stereocenters. The molecule has 76 valence electrons. The van der Waals surface area contributed by atoms with E-state index in [1.807, 2.05) is 0 Å². The highest BCUT2D eigenvalue weighted by Gasteiger charge is 2.12. The number of rotatable bonds is 6. The molecule has 2 nitrogen and oxygen atoms in total. The van der Waals surface area contributed by atoms with E-state index in [0.29, 0.717) is 12.3 Å². The van der Waals surface area contributed by atoms with Crippen LogP contribution in [-0.4, -0.2) is 35.1 Å². The molecule has 0 spiro atoms. The number of ether oxygens (including phenoxy) is 2.